The van der Waals surface area contributed by atoms with E-state index < -0.39 is 16.0 Å². The van der Waals surface area contributed by atoms with E-state index in [1.165, 1.54) is 33.6 Å². The van der Waals surface area contributed by atoms with Crippen LogP contribution in [0.25, 0.3) is 0 Å². The molecule has 3 heterocycles. The summed E-state index contributed by atoms with van der Waals surface area (Å²) in [6, 6.07) is 3.02. The maximum absolute atomic E-state index is 12.6. The van der Waals surface area contributed by atoms with Gasteiger partial charge in [-0.15, -0.1) is 0 Å². The van der Waals surface area contributed by atoms with Crippen molar-refractivity contribution >= 4 is 21.8 Å². The van der Waals surface area contributed by atoms with Crippen LogP contribution in [0.1, 0.15) is 23.2 Å². The zero-order valence-corrected chi connectivity index (χ0v) is 14.5. The lowest BCUT2D eigenvalue weighted by Gasteiger charge is -2.31. The smallest absolute Gasteiger partial charge is 0.339 e. The molecule has 10 heteroatoms. The normalized spacial score (nSPS) is 16.7. The number of carboxylic acids is 1. The van der Waals surface area contributed by atoms with E-state index in [4.69, 9.17) is 0 Å². The second kappa shape index (κ2) is 6.81. The second-order valence-electron chi connectivity index (χ2n) is 5.88. The lowest BCUT2D eigenvalue weighted by Crippen LogP contribution is -2.42. The Labute approximate surface area is 145 Å². The molecule has 3 rings (SSSR count). The Hall–Kier alpha value is -2.46. The number of aromatic carboxylic acids is 1. The Morgan fingerprint density at radius 3 is 2.68 bits per heavy atom. The first-order valence-electron chi connectivity index (χ1n) is 7.81. The molecule has 0 bridgehead atoms. The number of carboxylic acid groups (broad SMARTS) is 1. The number of carbonyl (C=O) groups is 1. The number of nitrogens with zero attached hydrogens (tertiary/aromatic N) is 4. The molecular weight excluding hydrogens is 346 g/mol. The van der Waals surface area contributed by atoms with Crippen molar-refractivity contribution in [1.29, 1.82) is 0 Å². The summed E-state index contributed by atoms with van der Waals surface area (Å²) in [4.78, 5) is 15.5. The quantitative estimate of drug-likeness (QED) is 0.804. The first-order valence-corrected chi connectivity index (χ1v) is 9.25. The third-order valence-electron chi connectivity index (χ3n) is 4.15. The van der Waals surface area contributed by atoms with Gasteiger partial charge in [-0.05, 0) is 25.0 Å². The molecular formula is C15H19N5O4S. The Morgan fingerprint density at radius 1 is 1.36 bits per heavy atom. The average molecular weight is 365 g/mol. The highest BCUT2D eigenvalue weighted by Gasteiger charge is 2.30. The van der Waals surface area contributed by atoms with Gasteiger partial charge in [0.15, 0.2) is 0 Å². The minimum atomic E-state index is -3.55. The van der Waals surface area contributed by atoms with Gasteiger partial charge in [0.1, 0.15) is 16.3 Å². The first-order chi connectivity index (χ1) is 11.9. The summed E-state index contributed by atoms with van der Waals surface area (Å²) in [5.41, 5.74) is 0.105. The SMILES string of the molecule is Cn1cc(S(=O)(=O)N2CCC(Nc3ncccc3C(=O)O)CC2)cn1. The highest BCUT2D eigenvalue weighted by Crippen LogP contribution is 2.23. The molecule has 25 heavy (non-hydrogen) atoms. The number of piperidine rings is 1. The molecule has 0 atom stereocenters. The van der Waals surface area contributed by atoms with E-state index >= 15 is 0 Å². The van der Waals surface area contributed by atoms with Gasteiger partial charge in [-0.3, -0.25) is 4.68 Å². The van der Waals surface area contributed by atoms with Crippen LogP contribution in [0.3, 0.4) is 0 Å². The van der Waals surface area contributed by atoms with Gasteiger partial charge in [0.05, 0.1) is 6.20 Å². The average Bonchev–Trinajstić information content (AvgIpc) is 3.03. The van der Waals surface area contributed by atoms with Crippen molar-refractivity contribution in [3.05, 3.63) is 36.3 Å². The van der Waals surface area contributed by atoms with Crippen molar-refractivity contribution in [1.82, 2.24) is 19.1 Å². The van der Waals surface area contributed by atoms with Gasteiger partial charge in [0.25, 0.3) is 0 Å². The van der Waals surface area contributed by atoms with Crippen LogP contribution < -0.4 is 5.32 Å². The number of aromatic nitrogens is 3. The maximum atomic E-state index is 12.6. The fourth-order valence-corrected chi connectivity index (χ4v) is 4.26. The standard InChI is InChI=1S/C15H19N5O4S/c1-19-10-12(9-17-19)25(23,24)20-7-4-11(5-8-20)18-14-13(15(21)22)3-2-6-16-14/h2-3,6,9-11H,4-5,7-8H2,1H3,(H,16,18)(H,21,22). The molecule has 2 aromatic rings. The van der Waals surface area contributed by atoms with E-state index in [0.29, 0.717) is 31.7 Å². The lowest BCUT2D eigenvalue weighted by atomic mass is 10.1. The summed E-state index contributed by atoms with van der Waals surface area (Å²) in [6.45, 7) is 0.703. The van der Waals surface area contributed by atoms with Gasteiger partial charge in [-0.25, -0.2) is 18.2 Å². The van der Waals surface area contributed by atoms with E-state index in [2.05, 4.69) is 15.4 Å². The number of anilines is 1. The van der Waals surface area contributed by atoms with E-state index in [1.54, 1.807) is 13.1 Å². The minimum absolute atomic E-state index is 0.0339. The zero-order valence-electron chi connectivity index (χ0n) is 13.7. The van der Waals surface area contributed by atoms with Crippen LogP contribution in [0.15, 0.2) is 35.6 Å². The third kappa shape index (κ3) is 3.64. The number of pyridine rings is 1. The van der Waals surface area contributed by atoms with E-state index in [0.717, 1.165) is 0 Å². The molecule has 1 saturated heterocycles. The molecule has 0 aliphatic carbocycles. The topological polar surface area (TPSA) is 117 Å². The van der Waals surface area contributed by atoms with Crippen LogP contribution >= 0.6 is 0 Å². The van der Waals surface area contributed by atoms with Crippen molar-refractivity contribution in [3.8, 4) is 0 Å². The fraction of sp³-hybridized carbons (Fsp3) is 0.400. The van der Waals surface area contributed by atoms with E-state index in [-0.39, 0.29) is 16.5 Å². The fourth-order valence-electron chi connectivity index (χ4n) is 2.81. The Bertz CT molecular complexity index is 872. The molecule has 1 fully saturated rings. The highest BCUT2D eigenvalue weighted by molar-refractivity contribution is 7.89. The minimum Gasteiger partial charge on any atom is -0.478 e. The van der Waals surface area contributed by atoms with Gasteiger partial charge < -0.3 is 10.4 Å². The number of hydrogen-bond acceptors (Lipinski definition) is 6. The van der Waals surface area contributed by atoms with Crippen molar-refractivity contribution in [2.24, 2.45) is 7.05 Å². The van der Waals surface area contributed by atoms with Crippen LogP contribution in [0.5, 0.6) is 0 Å². The van der Waals surface area contributed by atoms with Crippen molar-refractivity contribution in [2.75, 3.05) is 18.4 Å². The van der Waals surface area contributed by atoms with Crippen LogP contribution in [-0.4, -0.2) is 57.7 Å². The molecule has 1 aliphatic rings. The molecule has 0 saturated carbocycles. The Kier molecular flexibility index (Phi) is 4.73. The molecule has 0 spiro atoms. The van der Waals surface area contributed by atoms with Crippen LogP contribution in [0, 0.1) is 0 Å². The number of sulfonamides is 1. The largest absolute Gasteiger partial charge is 0.478 e. The highest BCUT2D eigenvalue weighted by atomic mass is 32.2. The second-order valence-corrected chi connectivity index (χ2v) is 7.82. The molecule has 134 valence electrons. The zero-order chi connectivity index (χ0) is 18.0. The summed E-state index contributed by atoms with van der Waals surface area (Å²) in [5.74, 6) is -0.740. The Morgan fingerprint density at radius 2 is 2.08 bits per heavy atom. The number of nitrogens with one attached hydrogen (secondary N) is 1. The van der Waals surface area contributed by atoms with Gasteiger partial charge in [0, 0.05) is 38.6 Å². The summed E-state index contributed by atoms with van der Waals surface area (Å²) >= 11 is 0. The summed E-state index contributed by atoms with van der Waals surface area (Å²) in [7, 11) is -1.88. The van der Waals surface area contributed by atoms with Gasteiger partial charge in [0.2, 0.25) is 10.0 Å². The first kappa shape index (κ1) is 17.4. The molecule has 9 nitrogen and oxygen atoms in total. The van der Waals surface area contributed by atoms with Crippen LogP contribution in [-0.2, 0) is 17.1 Å². The maximum Gasteiger partial charge on any atom is 0.339 e. The molecule has 0 radical (unpaired) electrons. The summed E-state index contributed by atoms with van der Waals surface area (Å²) < 4.78 is 28.0. The lowest BCUT2D eigenvalue weighted by molar-refractivity contribution is 0.0697. The molecule has 0 aromatic carbocycles. The molecule has 0 amide bonds. The predicted molar refractivity (Wildman–Crippen MR) is 89.8 cm³/mol. The molecule has 2 aromatic heterocycles. The van der Waals surface area contributed by atoms with Gasteiger partial charge >= 0.3 is 5.97 Å². The van der Waals surface area contributed by atoms with Crippen molar-refractivity contribution in [3.63, 3.8) is 0 Å². The molecule has 2 N–H and O–H groups in total. The summed E-state index contributed by atoms with van der Waals surface area (Å²) in [5, 5.41) is 16.2. The monoisotopic (exact) mass is 365 g/mol. The number of aryl methyl sites for hydroxylation is 1. The van der Waals surface area contributed by atoms with E-state index in [1.807, 2.05) is 0 Å². The molecule has 0 unspecified atom stereocenters. The Balaban J connectivity index is 1.66. The third-order valence-corrected chi connectivity index (χ3v) is 6.00. The number of hydrogen-bond donors (Lipinski definition) is 2. The van der Waals surface area contributed by atoms with Gasteiger partial charge in [-0.1, -0.05) is 0 Å². The number of rotatable bonds is 5. The molecule has 1 aliphatic heterocycles. The van der Waals surface area contributed by atoms with Crippen molar-refractivity contribution in [2.45, 2.75) is 23.8 Å². The van der Waals surface area contributed by atoms with Crippen LogP contribution in [0.4, 0.5) is 5.82 Å². The van der Waals surface area contributed by atoms with Gasteiger partial charge in [-0.2, -0.15) is 9.40 Å². The summed E-state index contributed by atoms with van der Waals surface area (Å²) in [6.07, 6.45) is 5.47. The van der Waals surface area contributed by atoms with Crippen LogP contribution in [0.2, 0.25) is 0 Å². The van der Waals surface area contributed by atoms with E-state index in [9.17, 15) is 18.3 Å². The van der Waals surface area contributed by atoms with Crippen molar-refractivity contribution < 1.29 is 18.3 Å². The predicted octanol–water partition coefficient (Wildman–Crippen LogP) is 0.778.